The minimum Gasteiger partial charge on any atom is -0.456 e. The molecule has 0 unspecified atom stereocenters. The summed E-state index contributed by atoms with van der Waals surface area (Å²) in [6, 6.07) is 49.1. The number of rotatable bonds is 3. The summed E-state index contributed by atoms with van der Waals surface area (Å²) in [5, 5.41) is 4.67. The van der Waals surface area contributed by atoms with Crippen LogP contribution in [0.2, 0.25) is 0 Å². The van der Waals surface area contributed by atoms with Crippen LogP contribution < -0.4 is 0 Å². The molecule has 0 amide bonds. The summed E-state index contributed by atoms with van der Waals surface area (Å²) < 4.78 is 8.76. The van der Waals surface area contributed by atoms with Gasteiger partial charge in [-0.2, -0.15) is 0 Å². The molecule has 0 radical (unpaired) electrons. The molecule has 222 valence electrons. The summed E-state index contributed by atoms with van der Waals surface area (Å²) in [6.07, 6.45) is 0. The molecule has 0 N–H and O–H groups in total. The number of fused-ring (bicyclic) bond motifs is 10. The van der Waals surface area contributed by atoms with E-state index in [4.69, 9.17) is 14.4 Å². The Kier molecular flexibility index (Phi) is 5.31. The summed E-state index contributed by atoms with van der Waals surface area (Å²) in [7, 11) is 0. The van der Waals surface area contributed by atoms with Gasteiger partial charge >= 0.3 is 0 Å². The first-order valence-corrected chi connectivity index (χ1v) is 16.1. The van der Waals surface area contributed by atoms with Crippen LogP contribution in [0.5, 0.6) is 0 Å². The molecule has 1 aliphatic carbocycles. The molecule has 4 heteroatoms. The van der Waals surface area contributed by atoms with E-state index >= 15 is 0 Å². The number of benzene rings is 6. The fourth-order valence-electron chi connectivity index (χ4n) is 7.93. The summed E-state index contributed by atoms with van der Waals surface area (Å²) >= 11 is 0. The van der Waals surface area contributed by atoms with Crippen molar-refractivity contribution in [2.24, 2.45) is 0 Å². The van der Waals surface area contributed by atoms with Crippen molar-refractivity contribution in [3.05, 3.63) is 151 Å². The van der Waals surface area contributed by atoms with Crippen LogP contribution in [-0.4, -0.2) is 14.5 Å². The summed E-state index contributed by atoms with van der Waals surface area (Å²) in [6.45, 7) is 4.60. The minimum absolute atomic E-state index is 0.285. The van der Waals surface area contributed by atoms with Gasteiger partial charge in [-0.25, -0.2) is 9.97 Å². The molecule has 0 saturated heterocycles. The molecule has 0 fully saturated rings. The molecule has 0 saturated carbocycles. The zero-order chi connectivity index (χ0) is 31.3. The van der Waals surface area contributed by atoms with Crippen LogP contribution >= 0.6 is 0 Å². The highest BCUT2D eigenvalue weighted by Gasteiger charge is 2.40. The maximum atomic E-state index is 6.35. The SMILES string of the molecule is CC1(C)c2ccccc2-c2nc(-c3ccccc3)nc(-c3ccccc3-n3c4ccccc4c4c5c(ccc43)oc3ccccc35)c21. The molecule has 1 aliphatic rings. The van der Waals surface area contributed by atoms with Crippen molar-refractivity contribution in [1.29, 1.82) is 0 Å². The quantitative estimate of drug-likeness (QED) is 0.202. The molecular formula is C43H29N3O. The van der Waals surface area contributed by atoms with Gasteiger partial charge in [-0.3, -0.25) is 0 Å². The Morgan fingerprint density at radius 2 is 1.19 bits per heavy atom. The fraction of sp³-hybridized carbons (Fsp3) is 0.0698. The van der Waals surface area contributed by atoms with Crippen LogP contribution in [0.1, 0.15) is 25.0 Å². The van der Waals surface area contributed by atoms with E-state index in [-0.39, 0.29) is 5.41 Å². The Hall–Kier alpha value is -6.00. The molecule has 10 rings (SSSR count). The summed E-state index contributed by atoms with van der Waals surface area (Å²) in [5.41, 5.74) is 12.5. The predicted molar refractivity (Wildman–Crippen MR) is 192 cm³/mol. The first kappa shape index (κ1) is 26.2. The second-order valence-electron chi connectivity index (χ2n) is 13.0. The van der Waals surface area contributed by atoms with Crippen LogP contribution in [0.4, 0.5) is 0 Å². The van der Waals surface area contributed by atoms with Crippen molar-refractivity contribution >= 4 is 43.7 Å². The van der Waals surface area contributed by atoms with Gasteiger partial charge in [-0.05, 0) is 35.9 Å². The van der Waals surface area contributed by atoms with Gasteiger partial charge in [0, 0.05) is 49.2 Å². The Morgan fingerprint density at radius 3 is 2.04 bits per heavy atom. The van der Waals surface area contributed by atoms with E-state index in [1.54, 1.807) is 0 Å². The maximum Gasteiger partial charge on any atom is 0.160 e. The van der Waals surface area contributed by atoms with Crippen LogP contribution in [0, 0.1) is 0 Å². The number of hydrogen-bond acceptors (Lipinski definition) is 3. The Morgan fingerprint density at radius 1 is 0.532 bits per heavy atom. The van der Waals surface area contributed by atoms with Gasteiger partial charge < -0.3 is 8.98 Å². The third-order valence-corrected chi connectivity index (χ3v) is 10.00. The van der Waals surface area contributed by atoms with Crippen LogP contribution in [0.15, 0.2) is 144 Å². The standard InChI is InChI=1S/C43H29N3O/c1-43(2)31-20-10-6-16-27(31)40-39(43)41(45-42(44-40)26-14-4-3-5-15-26)29-18-8-12-22-33(29)46-32-21-11-7-17-28(32)37-34(46)24-25-36-38(37)30-19-9-13-23-35(30)47-36/h3-25H,1-2H3. The topological polar surface area (TPSA) is 43.9 Å². The molecule has 0 spiro atoms. The average Bonchev–Trinajstić information content (AvgIpc) is 3.74. The van der Waals surface area contributed by atoms with Crippen molar-refractivity contribution in [2.45, 2.75) is 19.3 Å². The largest absolute Gasteiger partial charge is 0.456 e. The fourth-order valence-corrected chi connectivity index (χ4v) is 7.93. The third kappa shape index (κ3) is 3.58. The Labute approximate surface area is 271 Å². The second-order valence-corrected chi connectivity index (χ2v) is 13.0. The lowest BCUT2D eigenvalue weighted by atomic mass is 9.80. The number of hydrogen-bond donors (Lipinski definition) is 0. The van der Waals surface area contributed by atoms with E-state index in [0.29, 0.717) is 0 Å². The second kappa shape index (κ2) is 9.51. The van der Waals surface area contributed by atoms with Crippen molar-refractivity contribution in [1.82, 2.24) is 14.5 Å². The molecular weight excluding hydrogens is 574 g/mol. The normalized spacial score (nSPS) is 13.5. The average molecular weight is 604 g/mol. The van der Waals surface area contributed by atoms with Crippen molar-refractivity contribution in [2.75, 3.05) is 0 Å². The van der Waals surface area contributed by atoms with Crippen molar-refractivity contribution in [3.8, 4) is 39.6 Å². The summed E-state index contributed by atoms with van der Waals surface area (Å²) in [5.74, 6) is 0.732. The molecule has 0 aliphatic heterocycles. The number of para-hydroxylation sites is 3. The molecule has 0 atom stereocenters. The van der Waals surface area contributed by atoms with Crippen LogP contribution in [0.25, 0.3) is 83.3 Å². The van der Waals surface area contributed by atoms with Crippen LogP contribution in [0.3, 0.4) is 0 Å². The Bertz CT molecular complexity index is 2710. The van der Waals surface area contributed by atoms with E-state index in [9.17, 15) is 0 Å². The number of furan rings is 1. The van der Waals surface area contributed by atoms with Gasteiger partial charge in [-0.1, -0.05) is 123 Å². The zero-order valence-electron chi connectivity index (χ0n) is 26.0. The molecule has 47 heavy (non-hydrogen) atoms. The van der Waals surface area contributed by atoms with E-state index in [1.807, 2.05) is 12.1 Å². The van der Waals surface area contributed by atoms with Gasteiger partial charge in [-0.15, -0.1) is 0 Å². The first-order chi connectivity index (χ1) is 23.1. The molecule has 3 heterocycles. The van der Waals surface area contributed by atoms with Crippen LogP contribution in [-0.2, 0) is 5.41 Å². The third-order valence-electron chi connectivity index (χ3n) is 10.00. The van der Waals surface area contributed by atoms with Crippen molar-refractivity contribution < 1.29 is 4.42 Å². The zero-order valence-corrected chi connectivity index (χ0v) is 26.0. The highest BCUT2D eigenvalue weighted by atomic mass is 16.3. The predicted octanol–water partition coefficient (Wildman–Crippen LogP) is 11.1. The highest BCUT2D eigenvalue weighted by molar-refractivity contribution is 6.27. The molecule has 4 nitrogen and oxygen atoms in total. The van der Waals surface area contributed by atoms with Gasteiger partial charge in [0.2, 0.25) is 0 Å². The molecule has 9 aromatic rings. The van der Waals surface area contributed by atoms with Gasteiger partial charge in [0.25, 0.3) is 0 Å². The van der Waals surface area contributed by atoms with E-state index in [2.05, 4.69) is 146 Å². The van der Waals surface area contributed by atoms with E-state index in [1.165, 1.54) is 21.9 Å². The lowest BCUT2D eigenvalue weighted by molar-refractivity contribution is 0.657. The molecule has 0 bridgehead atoms. The monoisotopic (exact) mass is 603 g/mol. The van der Waals surface area contributed by atoms with Gasteiger partial charge in [0.05, 0.1) is 28.1 Å². The van der Waals surface area contributed by atoms with E-state index < -0.39 is 0 Å². The lowest BCUT2D eigenvalue weighted by Gasteiger charge is -2.25. The van der Waals surface area contributed by atoms with E-state index in [0.717, 1.165) is 72.6 Å². The van der Waals surface area contributed by atoms with Gasteiger partial charge in [0.15, 0.2) is 5.82 Å². The first-order valence-electron chi connectivity index (χ1n) is 16.1. The summed E-state index contributed by atoms with van der Waals surface area (Å²) in [4.78, 5) is 10.7. The van der Waals surface area contributed by atoms with Crippen molar-refractivity contribution in [3.63, 3.8) is 0 Å². The minimum atomic E-state index is -0.285. The lowest BCUT2D eigenvalue weighted by Crippen LogP contribution is -2.18. The number of aromatic nitrogens is 3. The Balaban J connectivity index is 1.33. The number of nitrogens with zero attached hydrogens (tertiary/aromatic N) is 3. The van der Waals surface area contributed by atoms with Gasteiger partial charge in [0.1, 0.15) is 11.2 Å². The molecule has 3 aromatic heterocycles. The highest BCUT2D eigenvalue weighted by Crippen LogP contribution is 2.52. The maximum absolute atomic E-state index is 6.35. The smallest absolute Gasteiger partial charge is 0.160 e. The molecule has 6 aromatic carbocycles.